The molecular weight excluding hydrogens is 444 g/mol. The van der Waals surface area contributed by atoms with Crippen LogP contribution in [0.15, 0.2) is 72.8 Å². The Morgan fingerprint density at radius 3 is 2.18 bits per heavy atom. The molecular formula is C25H19ClN2O5. The van der Waals surface area contributed by atoms with Crippen molar-refractivity contribution in [2.24, 2.45) is 0 Å². The Kier molecular flexibility index (Phi) is 4.91. The Morgan fingerprint density at radius 2 is 1.55 bits per heavy atom. The zero-order valence-corrected chi connectivity index (χ0v) is 18.2. The second-order valence-electron chi connectivity index (χ2n) is 7.75. The van der Waals surface area contributed by atoms with Crippen molar-refractivity contribution in [3.05, 3.63) is 100 Å². The smallest absolute Gasteiger partial charge is 0.335 e. The number of rotatable bonds is 4. The molecule has 4 aromatic rings. The number of carboxylic acid groups (broad SMARTS) is 1. The second-order valence-corrected chi connectivity index (χ2v) is 8.16. The number of hydroxylamine groups is 1. The van der Waals surface area contributed by atoms with Crippen LogP contribution in [0.3, 0.4) is 0 Å². The number of carboxylic acids is 1. The third kappa shape index (κ3) is 3.34. The molecule has 0 radical (unpaired) electrons. The molecule has 0 unspecified atom stereocenters. The van der Waals surface area contributed by atoms with Crippen molar-refractivity contribution >= 4 is 23.3 Å². The number of aromatic nitrogens is 1. The van der Waals surface area contributed by atoms with Crippen LogP contribution in [0, 0.1) is 6.92 Å². The Morgan fingerprint density at radius 1 is 0.909 bits per heavy atom. The van der Waals surface area contributed by atoms with Crippen molar-refractivity contribution in [1.29, 1.82) is 0 Å². The minimum Gasteiger partial charge on any atom is -0.494 e. The van der Waals surface area contributed by atoms with Gasteiger partial charge in [-0.3, -0.25) is 0 Å². The molecule has 33 heavy (non-hydrogen) atoms. The first-order valence-corrected chi connectivity index (χ1v) is 10.5. The molecule has 1 aliphatic heterocycles. The number of anilines is 1. The van der Waals surface area contributed by atoms with Crippen molar-refractivity contribution in [3.8, 4) is 23.2 Å². The number of aryl methyl sites for hydroxylation is 1. The van der Waals surface area contributed by atoms with Crippen molar-refractivity contribution in [1.82, 2.24) is 4.57 Å². The van der Waals surface area contributed by atoms with Gasteiger partial charge >= 0.3 is 5.97 Å². The summed E-state index contributed by atoms with van der Waals surface area (Å²) < 4.78 is 1.21. The van der Waals surface area contributed by atoms with Crippen molar-refractivity contribution in [3.63, 3.8) is 0 Å². The average Bonchev–Trinajstić information content (AvgIpc) is 3.31. The average molecular weight is 463 g/mol. The summed E-state index contributed by atoms with van der Waals surface area (Å²) in [7, 11) is 0. The predicted molar refractivity (Wildman–Crippen MR) is 124 cm³/mol. The molecule has 166 valence electrons. The number of hydrogen-bond donors (Lipinski definition) is 3. The van der Waals surface area contributed by atoms with E-state index < -0.39 is 12.0 Å². The predicted octanol–water partition coefficient (Wildman–Crippen LogP) is 5.45. The second kappa shape index (κ2) is 7.79. The van der Waals surface area contributed by atoms with E-state index in [1.807, 2.05) is 49.4 Å². The number of hydrogen-bond acceptors (Lipinski definition) is 5. The highest BCUT2D eigenvalue weighted by atomic mass is 35.5. The molecule has 0 saturated carbocycles. The fourth-order valence-electron chi connectivity index (χ4n) is 4.02. The molecule has 1 aliphatic rings. The lowest BCUT2D eigenvalue weighted by atomic mass is 10.00. The molecule has 0 amide bonds. The lowest BCUT2D eigenvalue weighted by Gasteiger charge is -2.27. The van der Waals surface area contributed by atoms with Gasteiger partial charge in [0.05, 0.1) is 22.5 Å². The maximum Gasteiger partial charge on any atom is 0.335 e. The monoisotopic (exact) mass is 462 g/mol. The van der Waals surface area contributed by atoms with E-state index >= 15 is 0 Å². The van der Waals surface area contributed by atoms with Crippen molar-refractivity contribution in [2.45, 2.75) is 13.0 Å². The number of aromatic hydroxyl groups is 2. The van der Waals surface area contributed by atoms with Gasteiger partial charge in [-0.1, -0.05) is 47.5 Å². The molecule has 1 atom stereocenters. The highest BCUT2D eigenvalue weighted by molar-refractivity contribution is 6.31. The highest BCUT2D eigenvalue weighted by Gasteiger charge is 2.43. The van der Waals surface area contributed by atoms with Gasteiger partial charge in [-0.25, -0.2) is 9.36 Å². The Labute approximate surface area is 194 Å². The van der Waals surface area contributed by atoms with Crippen LogP contribution < -0.4 is 9.90 Å². The topological polar surface area (TPSA) is 95.2 Å². The van der Waals surface area contributed by atoms with E-state index in [2.05, 4.69) is 0 Å². The normalized spacial score (nSPS) is 14.7. The third-order valence-electron chi connectivity index (χ3n) is 5.67. The zero-order chi connectivity index (χ0) is 23.3. The first kappa shape index (κ1) is 20.8. The molecule has 1 aromatic heterocycles. The van der Waals surface area contributed by atoms with Gasteiger partial charge in [0, 0.05) is 10.6 Å². The minimum atomic E-state index is -1.07. The van der Waals surface area contributed by atoms with Crippen molar-refractivity contribution < 1.29 is 25.0 Å². The van der Waals surface area contributed by atoms with E-state index in [0.717, 1.165) is 11.3 Å². The van der Waals surface area contributed by atoms with E-state index in [-0.39, 0.29) is 23.1 Å². The molecule has 0 saturated heterocycles. The van der Waals surface area contributed by atoms with Crippen LogP contribution >= 0.6 is 11.6 Å². The number of aromatic carboxylic acids is 1. The van der Waals surface area contributed by atoms with Gasteiger partial charge in [0.1, 0.15) is 6.04 Å². The lowest BCUT2D eigenvalue weighted by molar-refractivity contribution is 0.0697. The van der Waals surface area contributed by atoms with Gasteiger partial charge in [-0.2, -0.15) is 5.06 Å². The van der Waals surface area contributed by atoms with E-state index in [4.69, 9.17) is 21.5 Å². The maximum atomic E-state index is 11.2. The highest BCUT2D eigenvalue weighted by Crippen LogP contribution is 2.55. The van der Waals surface area contributed by atoms with Gasteiger partial charge in [-0.05, 0) is 49.4 Å². The van der Waals surface area contributed by atoms with Crippen LogP contribution in [0.4, 0.5) is 5.69 Å². The summed E-state index contributed by atoms with van der Waals surface area (Å²) >= 11 is 6.52. The number of halogens is 1. The molecule has 0 fully saturated rings. The largest absolute Gasteiger partial charge is 0.494 e. The Balaban J connectivity index is 1.68. The molecule has 3 N–H and O–H groups in total. The van der Waals surface area contributed by atoms with Crippen LogP contribution in [-0.2, 0) is 0 Å². The minimum absolute atomic E-state index is 0.0909. The summed E-state index contributed by atoms with van der Waals surface area (Å²) in [5.74, 6) is -1.51. The van der Waals surface area contributed by atoms with Crippen LogP contribution in [-0.4, -0.2) is 25.9 Å². The first-order valence-electron chi connectivity index (χ1n) is 10.2. The molecule has 0 spiro atoms. The summed E-state index contributed by atoms with van der Waals surface area (Å²) in [6, 6.07) is 20.0. The molecule has 7 nitrogen and oxygen atoms in total. The van der Waals surface area contributed by atoms with E-state index in [9.17, 15) is 15.0 Å². The summed E-state index contributed by atoms with van der Waals surface area (Å²) in [6.07, 6.45) is 0. The van der Waals surface area contributed by atoms with Gasteiger partial charge < -0.3 is 20.2 Å². The van der Waals surface area contributed by atoms with E-state index in [1.165, 1.54) is 28.8 Å². The van der Waals surface area contributed by atoms with E-state index in [1.54, 1.807) is 11.1 Å². The fourth-order valence-corrected chi connectivity index (χ4v) is 4.26. The lowest BCUT2D eigenvalue weighted by Crippen LogP contribution is -2.27. The maximum absolute atomic E-state index is 11.2. The van der Waals surface area contributed by atoms with E-state index in [0.29, 0.717) is 21.8 Å². The summed E-state index contributed by atoms with van der Waals surface area (Å²) in [4.78, 5) is 17.3. The first-order chi connectivity index (χ1) is 15.9. The summed E-state index contributed by atoms with van der Waals surface area (Å²) in [5.41, 5.74) is 3.31. The van der Waals surface area contributed by atoms with Crippen LogP contribution in [0.1, 0.15) is 33.1 Å². The molecule has 8 heteroatoms. The Bertz CT molecular complexity index is 1360. The van der Waals surface area contributed by atoms with Gasteiger partial charge in [0.2, 0.25) is 17.5 Å². The fraction of sp³-hybridized carbons (Fsp3) is 0.0800. The standard InChI is InChI=1S/C25H19ClN2O5/c1-14-6-10-17(11-7-14)28-21(18-4-2-3-5-19(18)26)20-22(33-28)24(30)27(23(20)29)16-12-8-15(9-13-16)25(31)32/h2-13,21,29-30H,1H3,(H,31,32)/t21-/m0/s1. The molecule has 0 aliphatic carbocycles. The molecule has 3 aromatic carbocycles. The number of nitrogens with zero attached hydrogens (tertiary/aromatic N) is 2. The number of carbonyl (C=O) groups is 1. The SMILES string of the molecule is Cc1ccc(N2Oc3c(c(O)n(-c4ccc(C(=O)O)cc4)c3O)[C@@H]2c2ccccc2Cl)cc1. The summed E-state index contributed by atoms with van der Waals surface area (Å²) in [6.45, 7) is 1.98. The molecule has 0 bridgehead atoms. The number of fused-ring (bicyclic) bond motifs is 1. The quantitative estimate of drug-likeness (QED) is 0.373. The molecule has 2 heterocycles. The zero-order valence-electron chi connectivity index (χ0n) is 17.4. The summed E-state index contributed by atoms with van der Waals surface area (Å²) in [5, 5.41) is 33.5. The van der Waals surface area contributed by atoms with Crippen LogP contribution in [0.5, 0.6) is 17.5 Å². The van der Waals surface area contributed by atoms with Crippen molar-refractivity contribution in [2.75, 3.05) is 5.06 Å². The van der Waals surface area contributed by atoms with Crippen LogP contribution in [0.25, 0.3) is 5.69 Å². The third-order valence-corrected chi connectivity index (χ3v) is 6.01. The number of benzene rings is 3. The van der Waals surface area contributed by atoms with Crippen LogP contribution in [0.2, 0.25) is 5.02 Å². The van der Waals surface area contributed by atoms with Gasteiger partial charge in [-0.15, -0.1) is 0 Å². The Hall–Kier alpha value is -4.10. The molecule has 5 rings (SSSR count). The van der Waals surface area contributed by atoms with Gasteiger partial charge in [0.15, 0.2) is 0 Å². The van der Waals surface area contributed by atoms with Gasteiger partial charge in [0.25, 0.3) is 0 Å².